The Morgan fingerprint density at radius 3 is 2.68 bits per heavy atom. The summed E-state index contributed by atoms with van der Waals surface area (Å²) in [6.07, 6.45) is 0. The summed E-state index contributed by atoms with van der Waals surface area (Å²) in [5, 5.41) is 11.8. The van der Waals surface area contributed by atoms with Crippen molar-refractivity contribution in [2.75, 3.05) is 13.1 Å². The predicted molar refractivity (Wildman–Crippen MR) is 98.9 cm³/mol. The van der Waals surface area contributed by atoms with Crippen molar-refractivity contribution in [3.05, 3.63) is 75.3 Å². The molecule has 3 rings (SSSR count). The smallest absolute Gasteiger partial charge is 0.282 e. The van der Waals surface area contributed by atoms with E-state index in [9.17, 15) is 14.9 Å². The third kappa shape index (κ3) is 3.88. The molecule has 1 heterocycles. The second kappa shape index (κ2) is 7.48. The number of amidine groups is 1. The molecule has 0 bridgehead atoms. The lowest BCUT2D eigenvalue weighted by Gasteiger charge is -2.17. The molecule has 0 N–H and O–H groups in total. The van der Waals surface area contributed by atoms with Gasteiger partial charge in [-0.2, -0.15) is 0 Å². The maximum atomic E-state index is 12.8. The minimum Gasteiger partial charge on any atom is -0.285 e. The van der Waals surface area contributed by atoms with Crippen molar-refractivity contribution >= 4 is 28.5 Å². The molecule has 0 aliphatic carbocycles. The lowest BCUT2D eigenvalue weighted by molar-refractivity contribution is -0.385. The molecule has 0 aromatic heterocycles. The Balaban J connectivity index is 1.74. The van der Waals surface area contributed by atoms with E-state index in [1.165, 1.54) is 34.4 Å². The van der Waals surface area contributed by atoms with E-state index in [1.54, 1.807) is 12.1 Å². The fraction of sp³-hybridized carbons (Fsp3) is 0.222. The van der Waals surface area contributed by atoms with Gasteiger partial charge in [0.2, 0.25) is 0 Å². The van der Waals surface area contributed by atoms with Crippen LogP contribution in [0.1, 0.15) is 21.5 Å². The number of aliphatic imine (C=N–C) groups is 1. The number of rotatable bonds is 4. The molecular weight excluding hydrogens is 338 g/mol. The average Bonchev–Trinajstić information content (AvgIpc) is 3.09. The van der Waals surface area contributed by atoms with Crippen molar-refractivity contribution in [1.82, 2.24) is 4.90 Å². The lowest BCUT2D eigenvalue weighted by atomic mass is 10.1. The molecule has 2 aromatic carbocycles. The Morgan fingerprint density at radius 1 is 1.24 bits per heavy atom. The third-order valence-corrected chi connectivity index (χ3v) is 4.95. The predicted octanol–water partition coefficient (Wildman–Crippen LogP) is 3.65. The highest BCUT2D eigenvalue weighted by molar-refractivity contribution is 8.13. The number of amides is 1. The van der Waals surface area contributed by atoms with Crippen molar-refractivity contribution < 1.29 is 9.72 Å². The van der Waals surface area contributed by atoms with Crippen LogP contribution in [0.2, 0.25) is 0 Å². The number of benzene rings is 2. The van der Waals surface area contributed by atoms with Crippen molar-refractivity contribution in [2.45, 2.75) is 12.7 Å². The van der Waals surface area contributed by atoms with Gasteiger partial charge in [-0.25, -0.2) is 0 Å². The number of nitrogens with zero attached hydrogens (tertiary/aromatic N) is 3. The van der Waals surface area contributed by atoms with Crippen LogP contribution in [0.25, 0.3) is 0 Å². The van der Waals surface area contributed by atoms with Crippen molar-refractivity contribution in [3.8, 4) is 0 Å². The summed E-state index contributed by atoms with van der Waals surface area (Å²) in [5.41, 5.74) is 2.25. The highest BCUT2D eigenvalue weighted by atomic mass is 32.2. The van der Waals surface area contributed by atoms with E-state index in [4.69, 9.17) is 0 Å². The summed E-state index contributed by atoms with van der Waals surface area (Å²) in [7, 11) is 0. The van der Waals surface area contributed by atoms with E-state index < -0.39 is 4.92 Å². The first-order chi connectivity index (χ1) is 12.1. The first kappa shape index (κ1) is 17.2. The average molecular weight is 355 g/mol. The SMILES string of the molecule is Cc1ccc(CSC2=NCCN2C(=O)c2ccccc2[N+](=O)[O-])cc1. The Labute approximate surface area is 149 Å². The molecule has 6 nitrogen and oxygen atoms in total. The summed E-state index contributed by atoms with van der Waals surface area (Å²) in [6, 6.07) is 14.2. The quantitative estimate of drug-likeness (QED) is 0.620. The zero-order valence-corrected chi connectivity index (χ0v) is 14.5. The van der Waals surface area contributed by atoms with Crippen LogP contribution in [0, 0.1) is 17.0 Å². The van der Waals surface area contributed by atoms with E-state index in [0.29, 0.717) is 24.0 Å². The molecule has 0 fully saturated rings. The fourth-order valence-corrected chi connectivity index (χ4v) is 3.53. The molecule has 2 aromatic rings. The van der Waals surface area contributed by atoms with Crippen LogP contribution in [0.4, 0.5) is 5.69 Å². The first-order valence-electron chi connectivity index (χ1n) is 7.84. The van der Waals surface area contributed by atoms with Gasteiger partial charge in [0.25, 0.3) is 11.6 Å². The van der Waals surface area contributed by atoms with Gasteiger partial charge in [-0.3, -0.25) is 24.8 Å². The van der Waals surface area contributed by atoms with Gasteiger partial charge in [-0.05, 0) is 18.6 Å². The van der Waals surface area contributed by atoms with E-state index in [-0.39, 0.29) is 17.2 Å². The first-order valence-corrected chi connectivity index (χ1v) is 8.83. The van der Waals surface area contributed by atoms with Crippen LogP contribution in [-0.2, 0) is 5.75 Å². The number of aryl methyl sites for hydroxylation is 1. The van der Waals surface area contributed by atoms with Gasteiger partial charge in [0, 0.05) is 18.4 Å². The van der Waals surface area contributed by atoms with Crippen LogP contribution in [0.5, 0.6) is 0 Å². The number of hydrogen-bond donors (Lipinski definition) is 0. The summed E-state index contributed by atoms with van der Waals surface area (Å²) >= 11 is 1.47. The summed E-state index contributed by atoms with van der Waals surface area (Å²) in [4.78, 5) is 29.3. The van der Waals surface area contributed by atoms with Crippen LogP contribution in [0.3, 0.4) is 0 Å². The maximum Gasteiger partial charge on any atom is 0.282 e. The third-order valence-electron chi connectivity index (χ3n) is 3.87. The molecule has 0 saturated heterocycles. The standard InChI is InChI=1S/C18H17N3O3S/c1-13-6-8-14(9-7-13)12-25-18-19-10-11-20(18)17(22)15-4-2-3-5-16(15)21(23)24/h2-9H,10-12H2,1H3. The number of carbonyl (C=O) groups excluding carboxylic acids is 1. The zero-order valence-electron chi connectivity index (χ0n) is 13.7. The molecular formula is C18H17N3O3S. The van der Waals surface area contributed by atoms with E-state index in [0.717, 1.165) is 5.56 Å². The van der Waals surface area contributed by atoms with Gasteiger partial charge in [0.15, 0.2) is 5.17 Å². The minimum atomic E-state index is -0.528. The minimum absolute atomic E-state index is 0.0954. The van der Waals surface area contributed by atoms with E-state index >= 15 is 0 Å². The zero-order chi connectivity index (χ0) is 17.8. The maximum absolute atomic E-state index is 12.8. The van der Waals surface area contributed by atoms with Gasteiger partial charge in [0.05, 0.1) is 11.5 Å². The van der Waals surface area contributed by atoms with Gasteiger partial charge >= 0.3 is 0 Å². The summed E-state index contributed by atoms with van der Waals surface area (Å²) in [5.74, 6) is 0.319. The number of nitro benzene ring substituents is 1. The second-order valence-electron chi connectivity index (χ2n) is 5.67. The molecule has 0 spiro atoms. The largest absolute Gasteiger partial charge is 0.285 e. The van der Waals surface area contributed by atoms with Crippen molar-refractivity contribution in [1.29, 1.82) is 0 Å². The van der Waals surface area contributed by atoms with Crippen molar-refractivity contribution in [3.63, 3.8) is 0 Å². The summed E-state index contributed by atoms with van der Waals surface area (Å²) < 4.78 is 0. The molecule has 1 amide bonds. The topological polar surface area (TPSA) is 75.8 Å². The van der Waals surface area contributed by atoms with E-state index in [2.05, 4.69) is 4.99 Å². The number of para-hydroxylation sites is 1. The monoisotopic (exact) mass is 355 g/mol. The molecule has 128 valence electrons. The van der Waals surface area contributed by atoms with Crippen LogP contribution in [0.15, 0.2) is 53.5 Å². The molecule has 0 radical (unpaired) electrons. The molecule has 0 saturated carbocycles. The second-order valence-corrected chi connectivity index (χ2v) is 6.61. The fourth-order valence-electron chi connectivity index (χ4n) is 2.53. The van der Waals surface area contributed by atoms with Gasteiger partial charge in [-0.1, -0.05) is 53.7 Å². The van der Waals surface area contributed by atoms with Crippen molar-refractivity contribution in [2.24, 2.45) is 4.99 Å². The van der Waals surface area contributed by atoms with Gasteiger partial charge < -0.3 is 0 Å². The Kier molecular flexibility index (Phi) is 5.14. The van der Waals surface area contributed by atoms with Crippen LogP contribution in [-0.4, -0.2) is 34.0 Å². The highest BCUT2D eigenvalue weighted by Gasteiger charge is 2.29. The molecule has 1 aliphatic rings. The molecule has 7 heteroatoms. The highest BCUT2D eigenvalue weighted by Crippen LogP contribution is 2.25. The molecule has 0 unspecified atom stereocenters. The number of nitro groups is 1. The number of thioether (sulfide) groups is 1. The van der Waals surface area contributed by atoms with Crippen LogP contribution >= 0.6 is 11.8 Å². The Hall–Kier alpha value is -2.67. The van der Waals surface area contributed by atoms with Gasteiger partial charge in [0.1, 0.15) is 5.56 Å². The number of carbonyl (C=O) groups is 1. The molecule has 25 heavy (non-hydrogen) atoms. The van der Waals surface area contributed by atoms with Crippen LogP contribution < -0.4 is 0 Å². The lowest BCUT2D eigenvalue weighted by Crippen LogP contribution is -2.33. The van der Waals surface area contributed by atoms with Gasteiger partial charge in [-0.15, -0.1) is 0 Å². The molecule has 1 aliphatic heterocycles. The van der Waals surface area contributed by atoms with E-state index in [1.807, 2.05) is 31.2 Å². The normalized spacial score (nSPS) is 13.6. The Bertz CT molecular complexity index is 834. The Morgan fingerprint density at radius 2 is 1.96 bits per heavy atom. The number of hydrogen-bond acceptors (Lipinski definition) is 5. The molecule has 0 atom stereocenters. The summed E-state index contributed by atoms with van der Waals surface area (Å²) in [6.45, 7) is 2.99.